The minimum atomic E-state index is -0.951. The number of carboxylic acid groups (broad SMARTS) is 1. The molecule has 0 aliphatic carbocycles. The van der Waals surface area contributed by atoms with Gasteiger partial charge in [0, 0.05) is 26.7 Å². The summed E-state index contributed by atoms with van der Waals surface area (Å²) in [5.41, 5.74) is 0. The molecule has 1 aliphatic heterocycles. The summed E-state index contributed by atoms with van der Waals surface area (Å²) in [6.45, 7) is 0.275. The highest BCUT2D eigenvalue weighted by molar-refractivity contribution is 7.12. The second-order valence-corrected chi connectivity index (χ2v) is 6.48. The third-order valence-corrected chi connectivity index (χ3v) is 4.75. The molecule has 1 fully saturated rings. The highest BCUT2D eigenvalue weighted by Gasteiger charge is 2.37. The van der Waals surface area contributed by atoms with Crippen molar-refractivity contribution in [1.82, 2.24) is 9.80 Å². The van der Waals surface area contributed by atoms with Crippen molar-refractivity contribution in [2.24, 2.45) is 0 Å². The first-order valence-corrected chi connectivity index (χ1v) is 8.13. The number of ether oxygens (including phenoxy) is 1. The summed E-state index contributed by atoms with van der Waals surface area (Å²) in [6, 6.07) is 3.09. The van der Waals surface area contributed by atoms with E-state index < -0.39 is 12.0 Å². The first-order valence-electron chi connectivity index (χ1n) is 7.25. The van der Waals surface area contributed by atoms with E-state index >= 15 is 0 Å². The lowest BCUT2D eigenvalue weighted by Gasteiger charge is -2.26. The van der Waals surface area contributed by atoms with Crippen LogP contribution in [0, 0.1) is 0 Å². The summed E-state index contributed by atoms with van der Waals surface area (Å²) >= 11 is 1.32. The molecule has 2 heterocycles. The lowest BCUT2D eigenvalue weighted by Crippen LogP contribution is -2.44. The molecule has 2 amide bonds. The third-order valence-electron chi connectivity index (χ3n) is 3.89. The van der Waals surface area contributed by atoms with Crippen LogP contribution in [0.4, 0.5) is 0 Å². The van der Waals surface area contributed by atoms with Crippen LogP contribution in [-0.4, -0.2) is 72.1 Å². The van der Waals surface area contributed by atoms with Gasteiger partial charge in [0.25, 0.3) is 5.91 Å². The molecule has 126 valence electrons. The van der Waals surface area contributed by atoms with Crippen molar-refractivity contribution in [3.8, 4) is 0 Å². The monoisotopic (exact) mass is 340 g/mol. The molecule has 2 unspecified atom stereocenters. The zero-order valence-electron chi connectivity index (χ0n) is 13.1. The van der Waals surface area contributed by atoms with Gasteiger partial charge in [-0.1, -0.05) is 6.07 Å². The molecule has 8 heteroatoms. The zero-order valence-corrected chi connectivity index (χ0v) is 13.9. The van der Waals surface area contributed by atoms with E-state index in [2.05, 4.69) is 0 Å². The Morgan fingerprint density at radius 3 is 2.78 bits per heavy atom. The minimum absolute atomic E-state index is 0.0801. The summed E-state index contributed by atoms with van der Waals surface area (Å²) in [7, 11) is 3.11. The third kappa shape index (κ3) is 4.29. The van der Waals surface area contributed by atoms with Crippen LogP contribution < -0.4 is 0 Å². The van der Waals surface area contributed by atoms with Gasteiger partial charge in [0.15, 0.2) is 0 Å². The molecule has 1 saturated heterocycles. The molecule has 7 nitrogen and oxygen atoms in total. The van der Waals surface area contributed by atoms with E-state index in [-0.39, 0.29) is 30.9 Å². The van der Waals surface area contributed by atoms with Crippen molar-refractivity contribution in [2.45, 2.75) is 25.0 Å². The van der Waals surface area contributed by atoms with Crippen molar-refractivity contribution in [2.75, 3.05) is 27.2 Å². The number of thiophene rings is 1. The lowest BCUT2D eigenvalue weighted by molar-refractivity contribution is -0.140. The first-order chi connectivity index (χ1) is 10.9. The number of carbonyl (C=O) groups is 3. The Labute approximate surface area is 138 Å². The Kier molecular flexibility index (Phi) is 5.73. The predicted octanol–water partition coefficient (Wildman–Crippen LogP) is 0.911. The van der Waals surface area contributed by atoms with Gasteiger partial charge in [-0.05, 0) is 17.9 Å². The summed E-state index contributed by atoms with van der Waals surface area (Å²) in [4.78, 5) is 39.1. The Bertz CT molecular complexity index is 574. The van der Waals surface area contributed by atoms with Crippen LogP contribution in [0.2, 0.25) is 0 Å². The smallest absolute Gasteiger partial charge is 0.305 e. The molecule has 0 bridgehead atoms. The highest BCUT2D eigenvalue weighted by Crippen LogP contribution is 2.23. The number of carbonyl (C=O) groups excluding carboxylic acids is 2. The summed E-state index contributed by atoms with van der Waals surface area (Å²) in [5.74, 6) is -1.43. The molecule has 1 aromatic heterocycles. The maximum absolute atomic E-state index is 12.5. The molecule has 0 spiro atoms. The Balaban J connectivity index is 2.00. The van der Waals surface area contributed by atoms with E-state index in [0.717, 1.165) is 0 Å². The first kappa shape index (κ1) is 17.4. The van der Waals surface area contributed by atoms with Crippen LogP contribution in [0.25, 0.3) is 0 Å². The molecular formula is C15H20N2O5S. The number of hydrogen-bond acceptors (Lipinski definition) is 5. The summed E-state index contributed by atoms with van der Waals surface area (Å²) < 4.78 is 5.25. The maximum atomic E-state index is 12.5. The minimum Gasteiger partial charge on any atom is -0.481 e. The zero-order chi connectivity index (χ0) is 17.0. The fourth-order valence-electron chi connectivity index (χ4n) is 2.70. The maximum Gasteiger partial charge on any atom is 0.305 e. The fraction of sp³-hybridized carbons (Fsp3) is 0.533. The van der Waals surface area contributed by atoms with E-state index in [9.17, 15) is 14.4 Å². The van der Waals surface area contributed by atoms with Gasteiger partial charge in [-0.3, -0.25) is 14.4 Å². The van der Waals surface area contributed by atoms with Crippen LogP contribution in [0.5, 0.6) is 0 Å². The number of nitrogens with zero attached hydrogens (tertiary/aromatic N) is 2. The van der Waals surface area contributed by atoms with Crippen molar-refractivity contribution in [3.63, 3.8) is 0 Å². The van der Waals surface area contributed by atoms with Crippen LogP contribution in [0.3, 0.4) is 0 Å². The van der Waals surface area contributed by atoms with Gasteiger partial charge in [0.2, 0.25) is 5.91 Å². The van der Waals surface area contributed by atoms with Gasteiger partial charge >= 0.3 is 5.97 Å². The number of hydrogen-bond donors (Lipinski definition) is 1. The number of amides is 2. The Morgan fingerprint density at radius 2 is 2.22 bits per heavy atom. The Morgan fingerprint density at radius 1 is 1.48 bits per heavy atom. The highest BCUT2D eigenvalue weighted by atomic mass is 32.1. The van der Waals surface area contributed by atoms with Crippen molar-refractivity contribution in [1.29, 1.82) is 0 Å². The largest absolute Gasteiger partial charge is 0.481 e. The van der Waals surface area contributed by atoms with E-state index in [1.54, 1.807) is 31.7 Å². The van der Waals surface area contributed by atoms with Gasteiger partial charge < -0.3 is 19.6 Å². The molecule has 1 aromatic rings. The number of carboxylic acids is 1. The van der Waals surface area contributed by atoms with Gasteiger partial charge in [-0.15, -0.1) is 11.3 Å². The molecule has 2 rings (SSSR count). The molecule has 1 aliphatic rings. The lowest BCUT2D eigenvalue weighted by atomic mass is 10.1. The van der Waals surface area contributed by atoms with E-state index in [1.165, 1.54) is 21.1 Å². The molecule has 0 aromatic carbocycles. The second kappa shape index (κ2) is 7.56. The summed E-state index contributed by atoms with van der Waals surface area (Å²) in [6.07, 6.45) is 0.215. The van der Waals surface area contributed by atoms with E-state index in [4.69, 9.17) is 9.84 Å². The molecule has 23 heavy (non-hydrogen) atoms. The fourth-order valence-corrected chi connectivity index (χ4v) is 3.42. The quantitative estimate of drug-likeness (QED) is 0.832. The average Bonchev–Trinajstić information content (AvgIpc) is 3.14. The average molecular weight is 340 g/mol. The van der Waals surface area contributed by atoms with Crippen molar-refractivity contribution in [3.05, 3.63) is 22.4 Å². The van der Waals surface area contributed by atoms with E-state index in [1.807, 2.05) is 0 Å². The number of aliphatic carboxylic acids is 1. The van der Waals surface area contributed by atoms with Gasteiger partial charge in [-0.2, -0.15) is 0 Å². The van der Waals surface area contributed by atoms with E-state index in [0.29, 0.717) is 17.8 Å². The van der Waals surface area contributed by atoms with Crippen LogP contribution in [-0.2, 0) is 14.3 Å². The number of rotatable bonds is 6. The molecule has 1 N–H and O–H groups in total. The molecule has 2 atom stereocenters. The second-order valence-electron chi connectivity index (χ2n) is 5.53. The van der Waals surface area contributed by atoms with Gasteiger partial charge in [0.05, 0.1) is 23.9 Å². The molecule has 0 radical (unpaired) electrons. The summed E-state index contributed by atoms with van der Waals surface area (Å²) in [5, 5.41) is 10.8. The van der Waals surface area contributed by atoms with Crippen LogP contribution >= 0.6 is 11.3 Å². The van der Waals surface area contributed by atoms with Crippen molar-refractivity contribution < 1.29 is 24.2 Å². The molecule has 0 saturated carbocycles. The standard InChI is InChI=1S/C15H20N2O5S/c1-16(15(21)12-4-3-5-23-12)9-13(18)17-8-11(22-2)6-10(17)7-14(19)20/h3-5,10-11H,6-9H2,1-2H3,(H,19,20). The topological polar surface area (TPSA) is 87.2 Å². The van der Waals surface area contributed by atoms with Crippen LogP contribution in [0.15, 0.2) is 17.5 Å². The normalized spacial score (nSPS) is 20.5. The Hall–Kier alpha value is -1.93. The SMILES string of the molecule is COC1CC(CC(=O)O)N(C(=O)CN(C)C(=O)c2cccs2)C1. The van der Waals surface area contributed by atoms with Gasteiger partial charge in [-0.25, -0.2) is 0 Å². The van der Waals surface area contributed by atoms with Gasteiger partial charge in [0.1, 0.15) is 0 Å². The molecular weight excluding hydrogens is 320 g/mol. The van der Waals surface area contributed by atoms with Crippen LogP contribution in [0.1, 0.15) is 22.5 Å². The number of methoxy groups -OCH3 is 1. The van der Waals surface area contributed by atoms with Crippen molar-refractivity contribution >= 4 is 29.1 Å². The predicted molar refractivity (Wildman–Crippen MR) is 84.4 cm³/mol. The number of likely N-dealkylation sites (tertiary alicyclic amines) is 1. The number of likely N-dealkylation sites (N-methyl/N-ethyl adjacent to an activating group) is 1.